The van der Waals surface area contributed by atoms with E-state index in [0.717, 1.165) is 25.4 Å². The van der Waals surface area contributed by atoms with Gasteiger partial charge in [0, 0.05) is 19.1 Å². The second-order valence-electron chi connectivity index (χ2n) is 4.44. The summed E-state index contributed by atoms with van der Waals surface area (Å²) in [5, 5.41) is 9.40. The number of hydrogen-bond donors (Lipinski definition) is 1. The van der Waals surface area contributed by atoms with Crippen molar-refractivity contribution in [3.63, 3.8) is 0 Å². The van der Waals surface area contributed by atoms with Gasteiger partial charge in [-0.3, -0.25) is 0 Å². The summed E-state index contributed by atoms with van der Waals surface area (Å²) in [5.41, 5.74) is 0. The Kier molecular flexibility index (Phi) is 3.24. The first-order chi connectivity index (χ1) is 6.86. The number of aliphatic hydroxyl groups excluding tert-OH is 1. The van der Waals surface area contributed by atoms with Crippen LogP contribution in [-0.2, 0) is 4.74 Å². The van der Waals surface area contributed by atoms with Gasteiger partial charge in [-0.05, 0) is 38.0 Å². The summed E-state index contributed by atoms with van der Waals surface area (Å²) >= 11 is 0. The minimum Gasteiger partial charge on any atom is -0.396 e. The van der Waals surface area contributed by atoms with E-state index in [1.54, 1.807) is 0 Å². The van der Waals surface area contributed by atoms with Crippen molar-refractivity contribution < 1.29 is 9.84 Å². The Morgan fingerprint density at radius 1 is 1.36 bits per heavy atom. The average molecular weight is 196 g/mol. The summed E-state index contributed by atoms with van der Waals surface area (Å²) < 4.78 is 5.71. The van der Waals surface area contributed by atoms with Crippen LogP contribution in [0, 0.1) is 17.8 Å². The van der Waals surface area contributed by atoms with E-state index in [9.17, 15) is 5.11 Å². The molecule has 0 aromatic carbocycles. The summed E-state index contributed by atoms with van der Waals surface area (Å²) in [4.78, 5) is 0. The van der Waals surface area contributed by atoms with E-state index in [1.807, 2.05) is 6.92 Å². The number of ether oxygens (including phenoxy) is 1. The molecule has 4 atom stereocenters. The van der Waals surface area contributed by atoms with Crippen LogP contribution in [0.1, 0.15) is 26.2 Å². The van der Waals surface area contributed by atoms with Gasteiger partial charge in [-0.2, -0.15) is 0 Å². The van der Waals surface area contributed by atoms with E-state index >= 15 is 0 Å². The molecule has 0 aromatic heterocycles. The van der Waals surface area contributed by atoms with Gasteiger partial charge >= 0.3 is 0 Å². The van der Waals surface area contributed by atoms with Crippen molar-refractivity contribution in [3.8, 4) is 0 Å². The van der Waals surface area contributed by atoms with Gasteiger partial charge in [0.2, 0.25) is 0 Å². The monoisotopic (exact) mass is 196 g/mol. The quantitative estimate of drug-likeness (QED) is 0.699. The maximum Gasteiger partial charge on any atom is 0.0630 e. The predicted octanol–water partition coefficient (Wildman–Crippen LogP) is 1.99. The molecule has 2 rings (SSSR count). The lowest BCUT2D eigenvalue weighted by Crippen LogP contribution is -2.26. The van der Waals surface area contributed by atoms with Crippen LogP contribution in [0.25, 0.3) is 0 Å². The van der Waals surface area contributed by atoms with Gasteiger partial charge < -0.3 is 9.84 Å². The highest BCUT2D eigenvalue weighted by molar-refractivity contribution is 5.02. The molecule has 0 bridgehead atoms. The highest BCUT2D eigenvalue weighted by atomic mass is 16.5. The predicted molar refractivity (Wildman–Crippen MR) is 56.0 cm³/mol. The van der Waals surface area contributed by atoms with Crippen molar-refractivity contribution in [3.05, 3.63) is 12.2 Å². The Morgan fingerprint density at radius 2 is 2.14 bits per heavy atom. The molecule has 0 amide bonds. The van der Waals surface area contributed by atoms with Crippen molar-refractivity contribution in [1.29, 1.82) is 0 Å². The fraction of sp³-hybridized carbons (Fsp3) is 0.833. The molecule has 2 nitrogen and oxygen atoms in total. The molecule has 0 radical (unpaired) electrons. The normalized spacial score (nSPS) is 41.3. The fourth-order valence-electron chi connectivity index (χ4n) is 3.09. The van der Waals surface area contributed by atoms with Gasteiger partial charge in [0.15, 0.2) is 0 Å². The Morgan fingerprint density at radius 3 is 2.86 bits per heavy atom. The Labute approximate surface area is 86.0 Å². The molecule has 80 valence electrons. The molecular weight excluding hydrogens is 176 g/mol. The Hall–Kier alpha value is -0.340. The topological polar surface area (TPSA) is 29.5 Å². The number of allylic oxidation sites excluding steroid dienone is 2. The second kappa shape index (κ2) is 4.45. The molecule has 0 aromatic rings. The summed E-state index contributed by atoms with van der Waals surface area (Å²) in [6, 6.07) is 0. The maximum absolute atomic E-state index is 9.40. The van der Waals surface area contributed by atoms with Crippen molar-refractivity contribution >= 4 is 0 Å². The van der Waals surface area contributed by atoms with Gasteiger partial charge in [0.05, 0.1) is 6.10 Å². The highest BCUT2D eigenvalue weighted by Gasteiger charge is 2.42. The first-order valence-electron chi connectivity index (χ1n) is 5.74. The van der Waals surface area contributed by atoms with Gasteiger partial charge in [-0.1, -0.05) is 12.2 Å². The molecule has 1 N–H and O–H groups in total. The second-order valence-corrected chi connectivity index (χ2v) is 4.44. The lowest BCUT2D eigenvalue weighted by molar-refractivity contribution is 0.00735. The molecule has 14 heavy (non-hydrogen) atoms. The first-order valence-corrected chi connectivity index (χ1v) is 5.74. The summed E-state index contributed by atoms with van der Waals surface area (Å²) in [6.07, 6.45) is 8.32. The molecule has 4 unspecified atom stereocenters. The molecule has 0 saturated heterocycles. The van der Waals surface area contributed by atoms with E-state index in [2.05, 4.69) is 12.2 Å². The zero-order valence-corrected chi connectivity index (χ0v) is 8.86. The molecule has 0 heterocycles. The molecule has 1 saturated carbocycles. The van der Waals surface area contributed by atoms with Crippen molar-refractivity contribution in [2.24, 2.45) is 17.8 Å². The van der Waals surface area contributed by atoms with Crippen LogP contribution in [0.15, 0.2) is 12.2 Å². The first kappa shape index (κ1) is 10.2. The summed E-state index contributed by atoms with van der Waals surface area (Å²) in [7, 11) is 0. The third kappa shape index (κ3) is 1.73. The number of fused-ring (bicyclic) bond motifs is 1. The molecule has 0 spiro atoms. The van der Waals surface area contributed by atoms with Crippen LogP contribution in [0.4, 0.5) is 0 Å². The number of hydrogen-bond acceptors (Lipinski definition) is 2. The maximum atomic E-state index is 9.40. The van der Waals surface area contributed by atoms with Crippen LogP contribution in [0.2, 0.25) is 0 Å². The Balaban J connectivity index is 2.04. The van der Waals surface area contributed by atoms with Crippen molar-refractivity contribution in [2.75, 3.05) is 13.2 Å². The van der Waals surface area contributed by atoms with Gasteiger partial charge in [0.25, 0.3) is 0 Å². The number of aliphatic hydroxyl groups is 1. The van der Waals surface area contributed by atoms with E-state index < -0.39 is 0 Å². The molecule has 2 aliphatic rings. The molecule has 2 aliphatic carbocycles. The van der Waals surface area contributed by atoms with E-state index in [4.69, 9.17) is 4.74 Å². The van der Waals surface area contributed by atoms with E-state index in [-0.39, 0.29) is 0 Å². The number of rotatable bonds is 3. The van der Waals surface area contributed by atoms with Crippen LogP contribution in [0.3, 0.4) is 0 Å². The molecule has 2 heteroatoms. The minimum absolute atomic E-state index is 0.291. The van der Waals surface area contributed by atoms with E-state index in [1.165, 1.54) is 6.42 Å². The largest absolute Gasteiger partial charge is 0.396 e. The molecule has 0 aliphatic heterocycles. The molecular formula is C12H20O2. The fourth-order valence-corrected chi connectivity index (χ4v) is 3.09. The van der Waals surface area contributed by atoms with Gasteiger partial charge in [-0.25, -0.2) is 0 Å². The average Bonchev–Trinajstić information content (AvgIpc) is 2.55. The van der Waals surface area contributed by atoms with Crippen LogP contribution < -0.4 is 0 Å². The Bertz CT molecular complexity index is 212. The third-order valence-electron chi connectivity index (χ3n) is 3.77. The van der Waals surface area contributed by atoms with Gasteiger partial charge in [-0.15, -0.1) is 0 Å². The van der Waals surface area contributed by atoms with Gasteiger partial charge in [0.1, 0.15) is 0 Å². The summed E-state index contributed by atoms with van der Waals surface area (Å²) in [6.45, 7) is 3.10. The van der Waals surface area contributed by atoms with Crippen molar-refractivity contribution in [2.45, 2.75) is 32.3 Å². The zero-order chi connectivity index (χ0) is 9.97. The van der Waals surface area contributed by atoms with Crippen molar-refractivity contribution in [1.82, 2.24) is 0 Å². The van der Waals surface area contributed by atoms with Crippen LogP contribution >= 0.6 is 0 Å². The highest BCUT2D eigenvalue weighted by Crippen LogP contribution is 2.44. The lowest BCUT2D eigenvalue weighted by atomic mass is 9.82. The SMILES string of the molecule is CCOC1CC2CC=CCC2C1CO. The van der Waals surface area contributed by atoms with Crippen LogP contribution in [-0.4, -0.2) is 24.4 Å². The minimum atomic E-state index is 0.291. The van der Waals surface area contributed by atoms with Crippen LogP contribution in [0.5, 0.6) is 0 Å². The summed E-state index contributed by atoms with van der Waals surface area (Å²) in [5.74, 6) is 1.81. The standard InChI is InChI=1S/C12H20O2/c1-2-14-12-7-9-5-3-4-6-10(9)11(12)8-13/h3-4,9-13H,2,5-8H2,1H3. The smallest absolute Gasteiger partial charge is 0.0630 e. The third-order valence-corrected chi connectivity index (χ3v) is 3.77. The zero-order valence-electron chi connectivity index (χ0n) is 8.86. The molecule has 1 fully saturated rings. The lowest BCUT2D eigenvalue weighted by Gasteiger charge is -2.25. The van der Waals surface area contributed by atoms with E-state index in [0.29, 0.717) is 24.5 Å².